The van der Waals surface area contributed by atoms with Gasteiger partial charge in [-0.1, -0.05) is 54.1 Å². The molecule has 1 aromatic heterocycles. The molecule has 1 amide bonds. The summed E-state index contributed by atoms with van der Waals surface area (Å²) in [6, 6.07) is 11.9. The molecule has 3 heterocycles. The zero-order chi connectivity index (χ0) is 29.7. The van der Waals surface area contributed by atoms with E-state index in [0.29, 0.717) is 50.0 Å². The number of benzene rings is 1. The number of hydrogen-bond donors (Lipinski definition) is 4. The van der Waals surface area contributed by atoms with Crippen LogP contribution in [0.4, 0.5) is 0 Å². The van der Waals surface area contributed by atoms with Crippen molar-refractivity contribution < 1.29 is 14.6 Å². The number of methoxy groups -OCH3 is 1. The van der Waals surface area contributed by atoms with Crippen molar-refractivity contribution in [2.45, 2.75) is 36.3 Å². The van der Waals surface area contributed by atoms with Crippen LogP contribution in [0.25, 0.3) is 5.57 Å². The quantitative estimate of drug-likeness (QED) is 0.214. The van der Waals surface area contributed by atoms with Crippen LogP contribution in [0.3, 0.4) is 0 Å². The van der Waals surface area contributed by atoms with Gasteiger partial charge in [0.25, 0.3) is 0 Å². The van der Waals surface area contributed by atoms with E-state index in [2.05, 4.69) is 38.1 Å². The zero-order valence-electron chi connectivity index (χ0n) is 23.9. The van der Waals surface area contributed by atoms with E-state index in [4.69, 9.17) is 32.9 Å². The van der Waals surface area contributed by atoms with Crippen molar-refractivity contribution in [1.82, 2.24) is 31.0 Å². The Kier molecular flexibility index (Phi) is 9.88. The molecule has 2 aromatic rings. The van der Waals surface area contributed by atoms with Gasteiger partial charge in [0.05, 0.1) is 24.8 Å². The number of pyridine rings is 1. The fourth-order valence-electron chi connectivity index (χ4n) is 5.89. The summed E-state index contributed by atoms with van der Waals surface area (Å²) in [4.78, 5) is 16.6. The van der Waals surface area contributed by atoms with E-state index < -0.39 is 10.9 Å². The first kappa shape index (κ1) is 30.5. The number of hydrogen-bond acceptors (Lipinski definition) is 8. The summed E-state index contributed by atoms with van der Waals surface area (Å²) >= 11 is 14.2. The predicted molar refractivity (Wildman–Crippen MR) is 166 cm³/mol. The minimum atomic E-state index is -0.873. The van der Waals surface area contributed by atoms with Crippen molar-refractivity contribution in [3.8, 4) is 5.88 Å². The van der Waals surface area contributed by atoms with Crippen LogP contribution >= 0.6 is 23.2 Å². The fourth-order valence-corrected chi connectivity index (χ4v) is 6.62. The number of aliphatic hydroxyl groups is 1. The third-order valence-electron chi connectivity index (χ3n) is 8.10. The van der Waals surface area contributed by atoms with Crippen LogP contribution in [-0.2, 0) is 16.9 Å². The van der Waals surface area contributed by atoms with Crippen LogP contribution in [0.2, 0.25) is 5.02 Å². The highest BCUT2D eigenvalue weighted by Gasteiger charge is 2.50. The molecular weight excluding hydrogens is 575 g/mol. The van der Waals surface area contributed by atoms with E-state index in [1.54, 1.807) is 7.11 Å². The predicted octanol–water partition coefficient (Wildman–Crippen LogP) is 3.20. The number of aliphatic hydroxyl groups excluding tert-OH is 1. The molecule has 1 aliphatic carbocycles. The van der Waals surface area contributed by atoms with Crippen LogP contribution in [0.1, 0.15) is 29.7 Å². The number of carbonyl (C=O) groups is 1. The molecule has 42 heavy (non-hydrogen) atoms. The standard InChI is InChI=1S/C31H38Cl2N6O3/c1-38-23(20-34-15-17-40)13-16-39(38)31(14-5-7-25(29(31)33)24-6-3-4-8-26(24)32)27-11-9-21(30(37-27)42-2)18-35-19-22-10-12-28(41)36-22/h3-9,11,13-14,22,29,34-35,40H,10,12,15-20H2,1-2H3,(H,36,41)/t22?,29-,31?/m1/s1. The molecule has 9 nitrogen and oxygen atoms in total. The number of rotatable bonds is 12. The van der Waals surface area contributed by atoms with Crippen molar-refractivity contribution >= 4 is 34.7 Å². The highest BCUT2D eigenvalue weighted by Crippen LogP contribution is 2.48. The summed E-state index contributed by atoms with van der Waals surface area (Å²) < 4.78 is 5.80. The van der Waals surface area contributed by atoms with Gasteiger partial charge in [-0.3, -0.25) is 4.79 Å². The van der Waals surface area contributed by atoms with Gasteiger partial charge in [-0.2, -0.15) is 5.01 Å². The number of nitrogens with one attached hydrogen (secondary N) is 3. The smallest absolute Gasteiger partial charge is 0.220 e. The summed E-state index contributed by atoms with van der Waals surface area (Å²) in [7, 11) is 3.64. The third-order valence-corrected chi connectivity index (χ3v) is 9.00. The normalized spacial score (nSPS) is 24.1. The van der Waals surface area contributed by atoms with Crippen molar-refractivity contribution in [1.29, 1.82) is 0 Å². The van der Waals surface area contributed by atoms with Gasteiger partial charge in [-0.15, -0.1) is 11.6 Å². The minimum absolute atomic E-state index is 0.0728. The van der Waals surface area contributed by atoms with Crippen molar-refractivity contribution in [2.24, 2.45) is 0 Å². The number of alkyl halides is 1. The molecule has 3 atom stereocenters. The van der Waals surface area contributed by atoms with Crippen molar-refractivity contribution in [2.75, 3.05) is 46.9 Å². The highest BCUT2D eigenvalue weighted by molar-refractivity contribution is 6.34. The lowest BCUT2D eigenvalue weighted by atomic mass is 9.79. The average molecular weight is 614 g/mol. The topological polar surface area (TPSA) is 102 Å². The molecule has 0 saturated carbocycles. The van der Waals surface area contributed by atoms with Crippen LogP contribution in [-0.4, -0.2) is 84.4 Å². The molecule has 2 aliphatic heterocycles. The maximum atomic E-state index is 11.6. The molecule has 0 spiro atoms. The Morgan fingerprint density at radius 3 is 2.79 bits per heavy atom. The molecule has 1 aromatic carbocycles. The highest BCUT2D eigenvalue weighted by atomic mass is 35.5. The van der Waals surface area contributed by atoms with Crippen LogP contribution in [0.5, 0.6) is 5.88 Å². The van der Waals surface area contributed by atoms with Gasteiger partial charge in [0, 0.05) is 68.5 Å². The summed E-state index contributed by atoms with van der Waals surface area (Å²) in [6.07, 6.45) is 9.71. The summed E-state index contributed by atoms with van der Waals surface area (Å²) in [6.45, 7) is 3.02. The van der Waals surface area contributed by atoms with Gasteiger partial charge in [0.2, 0.25) is 11.8 Å². The average Bonchev–Trinajstić information content (AvgIpc) is 3.58. The largest absolute Gasteiger partial charge is 0.481 e. The maximum absolute atomic E-state index is 11.6. The lowest BCUT2D eigenvalue weighted by Gasteiger charge is -2.48. The van der Waals surface area contributed by atoms with E-state index >= 15 is 0 Å². The number of likely N-dealkylation sites (N-methyl/N-ethyl adjacent to an activating group) is 1. The van der Waals surface area contributed by atoms with E-state index in [1.165, 1.54) is 0 Å². The molecule has 3 aliphatic rings. The van der Waals surface area contributed by atoms with E-state index in [9.17, 15) is 9.90 Å². The van der Waals surface area contributed by atoms with Crippen molar-refractivity contribution in [3.05, 3.63) is 88.2 Å². The van der Waals surface area contributed by atoms with E-state index in [-0.39, 0.29) is 18.6 Å². The number of amides is 1. The number of nitrogens with zero attached hydrogens (tertiary/aromatic N) is 3. The Labute approximate surface area is 257 Å². The van der Waals surface area contributed by atoms with Crippen molar-refractivity contribution in [3.63, 3.8) is 0 Å². The molecule has 224 valence electrons. The fraction of sp³-hybridized carbons (Fsp3) is 0.419. The summed E-state index contributed by atoms with van der Waals surface area (Å²) in [5.74, 6) is 0.617. The molecular formula is C31H38Cl2N6O3. The van der Waals surface area contributed by atoms with Gasteiger partial charge < -0.3 is 30.8 Å². The summed E-state index contributed by atoms with van der Waals surface area (Å²) in [5, 5.41) is 23.3. The molecule has 2 unspecified atom stereocenters. The molecule has 4 N–H and O–H groups in total. The number of aromatic nitrogens is 1. The second-order valence-electron chi connectivity index (χ2n) is 10.6. The Morgan fingerprint density at radius 1 is 1.21 bits per heavy atom. The number of hydrazine groups is 1. The Bertz CT molecular complexity index is 1380. The second kappa shape index (κ2) is 13.6. The third kappa shape index (κ3) is 6.08. The number of allylic oxidation sites excluding steroid dienone is 2. The molecule has 1 fully saturated rings. The molecule has 5 rings (SSSR count). The van der Waals surface area contributed by atoms with Gasteiger partial charge >= 0.3 is 0 Å². The lowest BCUT2D eigenvalue weighted by molar-refractivity contribution is -0.119. The van der Waals surface area contributed by atoms with Crippen LogP contribution < -0.4 is 20.7 Å². The maximum Gasteiger partial charge on any atom is 0.220 e. The van der Waals surface area contributed by atoms with Crippen LogP contribution in [0, 0.1) is 0 Å². The minimum Gasteiger partial charge on any atom is -0.481 e. The number of halogens is 2. The molecule has 11 heteroatoms. The number of carbonyl (C=O) groups excluding carboxylic acids is 1. The Balaban J connectivity index is 1.48. The van der Waals surface area contributed by atoms with Gasteiger partial charge in [0.1, 0.15) is 5.54 Å². The zero-order valence-corrected chi connectivity index (χ0v) is 25.5. The Morgan fingerprint density at radius 2 is 2.05 bits per heavy atom. The van der Waals surface area contributed by atoms with E-state index in [1.807, 2.05) is 55.6 Å². The van der Waals surface area contributed by atoms with E-state index in [0.717, 1.165) is 34.5 Å². The summed E-state index contributed by atoms with van der Waals surface area (Å²) in [5.41, 5.74) is 3.62. The Hall–Kier alpha value is -2.92. The number of ether oxygens (including phenoxy) is 1. The van der Waals surface area contributed by atoms with Crippen LogP contribution in [0.15, 0.2) is 66.4 Å². The monoisotopic (exact) mass is 612 g/mol. The molecule has 1 saturated heterocycles. The molecule has 0 radical (unpaired) electrons. The first-order valence-corrected chi connectivity index (χ1v) is 15.0. The second-order valence-corrected chi connectivity index (χ2v) is 11.5. The lowest BCUT2D eigenvalue weighted by Crippen LogP contribution is -2.56. The van der Waals surface area contributed by atoms with Gasteiger partial charge in [0.15, 0.2) is 0 Å². The van der Waals surface area contributed by atoms with Gasteiger partial charge in [-0.25, -0.2) is 4.98 Å². The first-order chi connectivity index (χ1) is 20.4. The first-order valence-electron chi connectivity index (χ1n) is 14.2. The molecule has 0 bridgehead atoms. The SMILES string of the molecule is COc1nc(C2(N3CC=C(CNCCO)N3C)C=CC=C(c3ccccc3Cl)[C@H]2Cl)ccc1CNCC1CCC(=O)N1. The van der Waals surface area contributed by atoms with Gasteiger partial charge in [-0.05, 0) is 35.8 Å².